The van der Waals surface area contributed by atoms with Gasteiger partial charge in [0.15, 0.2) is 0 Å². The van der Waals surface area contributed by atoms with E-state index in [0.29, 0.717) is 12.8 Å². The highest BCUT2D eigenvalue weighted by Crippen LogP contribution is 1.90. The Balaban J connectivity index is 0. The highest BCUT2D eigenvalue weighted by atomic mass is 16.2. The van der Waals surface area contributed by atoms with Crippen molar-refractivity contribution in [2.45, 2.75) is 52.5 Å². The third-order valence-corrected chi connectivity index (χ3v) is 1.93. The first-order valence-corrected chi connectivity index (χ1v) is 6.05. The fourth-order valence-electron chi connectivity index (χ4n) is 0.988. The molecule has 0 radical (unpaired) electrons. The van der Waals surface area contributed by atoms with Gasteiger partial charge in [-0.05, 0) is 32.9 Å². The van der Waals surface area contributed by atoms with Crippen molar-refractivity contribution in [1.82, 2.24) is 10.6 Å². The minimum Gasteiger partial charge on any atom is -0.347 e. The molecule has 0 bridgehead atoms. The van der Waals surface area contributed by atoms with E-state index in [2.05, 4.69) is 17.6 Å². The Kier molecular flexibility index (Phi) is 15.4. The Hall–Kier alpha value is -0.900. The number of hydrogen-bond acceptors (Lipinski definition) is 3. The van der Waals surface area contributed by atoms with Gasteiger partial charge in [-0.15, -0.1) is 0 Å². The second-order valence-corrected chi connectivity index (χ2v) is 3.57. The maximum Gasteiger partial charge on any atom is 0.220 e. The molecule has 2 N–H and O–H groups in total. The first-order chi connectivity index (χ1) is 7.65. The average Bonchev–Trinajstić information content (AvgIpc) is 2.28. The van der Waals surface area contributed by atoms with Gasteiger partial charge in [0.1, 0.15) is 6.29 Å². The minimum absolute atomic E-state index is 0.0357. The van der Waals surface area contributed by atoms with E-state index in [1.807, 2.05) is 20.9 Å². The summed E-state index contributed by atoms with van der Waals surface area (Å²) >= 11 is 0. The molecule has 0 saturated heterocycles. The second kappa shape index (κ2) is 14.1. The average molecular weight is 230 g/mol. The maximum atomic E-state index is 10.9. The van der Waals surface area contributed by atoms with E-state index in [9.17, 15) is 9.59 Å². The van der Waals surface area contributed by atoms with Gasteiger partial charge in [0.25, 0.3) is 0 Å². The van der Waals surface area contributed by atoms with Crippen molar-refractivity contribution >= 4 is 12.2 Å². The van der Waals surface area contributed by atoms with Gasteiger partial charge in [-0.25, -0.2) is 0 Å². The fourth-order valence-corrected chi connectivity index (χ4v) is 0.988. The molecule has 0 aliphatic carbocycles. The Morgan fingerprint density at radius 1 is 1.25 bits per heavy atom. The summed E-state index contributed by atoms with van der Waals surface area (Å²) in [7, 11) is 1.96. The Morgan fingerprint density at radius 3 is 2.12 bits per heavy atom. The number of carbonyl (C=O) groups excluding carboxylic acids is 2. The Bertz CT molecular complexity index is 170. The smallest absolute Gasteiger partial charge is 0.220 e. The van der Waals surface area contributed by atoms with E-state index in [1.165, 1.54) is 6.42 Å². The number of aldehydes is 1. The number of amides is 1. The van der Waals surface area contributed by atoms with Crippen LogP contribution in [0.3, 0.4) is 0 Å². The second-order valence-electron chi connectivity index (χ2n) is 3.57. The van der Waals surface area contributed by atoms with Gasteiger partial charge in [-0.3, -0.25) is 4.79 Å². The van der Waals surface area contributed by atoms with Crippen molar-refractivity contribution < 1.29 is 9.59 Å². The van der Waals surface area contributed by atoms with E-state index in [1.54, 1.807) is 0 Å². The highest BCUT2D eigenvalue weighted by molar-refractivity contribution is 5.79. The molecule has 0 spiro atoms. The Morgan fingerprint density at radius 2 is 1.88 bits per heavy atom. The lowest BCUT2D eigenvalue weighted by molar-refractivity contribution is -0.124. The third-order valence-electron chi connectivity index (χ3n) is 1.93. The SMILES string of the molecule is CCCC(=O)NC(C=O)CC.CCCNC. The first kappa shape index (κ1) is 17.5. The highest BCUT2D eigenvalue weighted by Gasteiger charge is 2.06. The van der Waals surface area contributed by atoms with E-state index < -0.39 is 0 Å². The lowest BCUT2D eigenvalue weighted by atomic mass is 10.2. The van der Waals surface area contributed by atoms with Crippen LogP contribution in [-0.2, 0) is 9.59 Å². The lowest BCUT2D eigenvalue weighted by Crippen LogP contribution is -2.35. The number of carbonyl (C=O) groups is 2. The van der Waals surface area contributed by atoms with E-state index in [4.69, 9.17) is 0 Å². The molecule has 0 fully saturated rings. The molecule has 1 amide bonds. The standard InChI is InChI=1S/C8H15NO2.C4H11N/c1-3-5-8(11)9-7(4-2)6-10;1-3-4-5-2/h6-7H,3-5H2,1-2H3,(H,9,11);5H,3-4H2,1-2H3. The van der Waals surface area contributed by atoms with Crippen LogP contribution in [0.4, 0.5) is 0 Å². The van der Waals surface area contributed by atoms with Crippen LogP contribution in [0.25, 0.3) is 0 Å². The molecule has 0 aromatic carbocycles. The largest absolute Gasteiger partial charge is 0.347 e. The summed E-state index contributed by atoms with van der Waals surface area (Å²) in [5, 5.41) is 5.63. The summed E-state index contributed by atoms with van der Waals surface area (Å²) in [6, 6.07) is -0.297. The monoisotopic (exact) mass is 230 g/mol. The van der Waals surface area contributed by atoms with Crippen LogP contribution in [0.5, 0.6) is 0 Å². The molecule has 0 aliphatic heterocycles. The third kappa shape index (κ3) is 13.1. The predicted molar refractivity (Wildman–Crippen MR) is 67.4 cm³/mol. The van der Waals surface area contributed by atoms with Crippen molar-refractivity contribution in [3.05, 3.63) is 0 Å². The summed E-state index contributed by atoms with van der Waals surface area (Å²) in [6.45, 7) is 7.09. The van der Waals surface area contributed by atoms with Gasteiger partial charge in [0.05, 0.1) is 6.04 Å². The molecule has 0 aromatic rings. The first-order valence-electron chi connectivity index (χ1n) is 6.05. The molecule has 4 nitrogen and oxygen atoms in total. The normalized spacial score (nSPS) is 11.0. The molecular weight excluding hydrogens is 204 g/mol. The van der Waals surface area contributed by atoms with Crippen LogP contribution in [0.15, 0.2) is 0 Å². The zero-order chi connectivity index (χ0) is 12.8. The van der Waals surface area contributed by atoms with Gasteiger partial charge in [-0.1, -0.05) is 20.8 Å². The molecular formula is C12H26N2O2. The number of hydrogen-bond donors (Lipinski definition) is 2. The van der Waals surface area contributed by atoms with Gasteiger partial charge >= 0.3 is 0 Å². The number of nitrogens with one attached hydrogen (secondary N) is 2. The summed E-state index contributed by atoms with van der Waals surface area (Å²) < 4.78 is 0. The molecule has 1 unspecified atom stereocenters. The van der Waals surface area contributed by atoms with Crippen molar-refractivity contribution in [2.24, 2.45) is 0 Å². The topological polar surface area (TPSA) is 58.2 Å². The van der Waals surface area contributed by atoms with Crippen LogP contribution in [-0.4, -0.2) is 31.8 Å². The quantitative estimate of drug-likeness (QED) is 0.652. The van der Waals surface area contributed by atoms with Crippen LogP contribution >= 0.6 is 0 Å². The van der Waals surface area contributed by atoms with Crippen molar-refractivity contribution in [1.29, 1.82) is 0 Å². The maximum absolute atomic E-state index is 10.9. The molecule has 0 saturated carbocycles. The summed E-state index contributed by atoms with van der Waals surface area (Å²) in [6.07, 6.45) is 3.99. The molecule has 4 heteroatoms. The van der Waals surface area contributed by atoms with E-state index in [-0.39, 0.29) is 11.9 Å². The van der Waals surface area contributed by atoms with Crippen molar-refractivity contribution in [2.75, 3.05) is 13.6 Å². The molecule has 1 atom stereocenters. The van der Waals surface area contributed by atoms with Gasteiger partial charge < -0.3 is 15.4 Å². The number of rotatable bonds is 7. The Labute approximate surface area is 99.2 Å². The van der Waals surface area contributed by atoms with Crippen LogP contribution in [0.1, 0.15) is 46.5 Å². The zero-order valence-corrected chi connectivity index (χ0v) is 11.0. The molecule has 0 aromatic heterocycles. The minimum atomic E-state index is -0.297. The van der Waals surface area contributed by atoms with Gasteiger partial charge in [0, 0.05) is 6.42 Å². The molecule has 0 heterocycles. The predicted octanol–water partition coefficient (Wildman–Crippen LogP) is 1.50. The van der Waals surface area contributed by atoms with Crippen molar-refractivity contribution in [3.8, 4) is 0 Å². The zero-order valence-electron chi connectivity index (χ0n) is 11.0. The molecule has 96 valence electrons. The van der Waals surface area contributed by atoms with Gasteiger partial charge in [0.2, 0.25) is 5.91 Å². The molecule has 16 heavy (non-hydrogen) atoms. The van der Waals surface area contributed by atoms with Crippen LogP contribution < -0.4 is 10.6 Å². The summed E-state index contributed by atoms with van der Waals surface area (Å²) in [5.41, 5.74) is 0. The molecule has 0 rings (SSSR count). The van der Waals surface area contributed by atoms with E-state index in [0.717, 1.165) is 19.3 Å². The van der Waals surface area contributed by atoms with Crippen LogP contribution in [0, 0.1) is 0 Å². The van der Waals surface area contributed by atoms with Gasteiger partial charge in [-0.2, -0.15) is 0 Å². The summed E-state index contributed by atoms with van der Waals surface area (Å²) in [4.78, 5) is 21.2. The molecule has 0 aliphatic rings. The fraction of sp³-hybridized carbons (Fsp3) is 0.833. The van der Waals surface area contributed by atoms with E-state index >= 15 is 0 Å². The summed E-state index contributed by atoms with van der Waals surface area (Å²) in [5.74, 6) is -0.0357. The lowest BCUT2D eigenvalue weighted by Gasteiger charge is -2.08. The van der Waals surface area contributed by atoms with Crippen molar-refractivity contribution in [3.63, 3.8) is 0 Å². The van der Waals surface area contributed by atoms with Crippen LogP contribution in [0.2, 0.25) is 0 Å².